The quantitative estimate of drug-likeness (QED) is 0.836. The first-order valence-electron chi connectivity index (χ1n) is 9.60. The molecular formula is C19H27N5O2S. The van der Waals surface area contributed by atoms with E-state index in [1.54, 1.807) is 11.6 Å². The molecule has 2 bridgehead atoms. The van der Waals surface area contributed by atoms with Crippen molar-refractivity contribution in [1.29, 1.82) is 0 Å². The van der Waals surface area contributed by atoms with Gasteiger partial charge in [-0.15, -0.1) is 11.3 Å². The van der Waals surface area contributed by atoms with E-state index >= 15 is 0 Å². The van der Waals surface area contributed by atoms with Crippen molar-refractivity contribution in [2.24, 2.45) is 7.05 Å². The first-order valence-corrected chi connectivity index (χ1v) is 10.4. The van der Waals surface area contributed by atoms with Gasteiger partial charge in [-0.1, -0.05) is 0 Å². The highest BCUT2D eigenvalue weighted by molar-refractivity contribution is 7.20. The molecule has 3 atom stereocenters. The number of carbonyl (C=O) groups is 2. The van der Waals surface area contributed by atoms with E-state index in [1.165, 1.54) is 24.2 Å². The molecule has 0 aliphatic carbocycles. The number of rotatable bonds is 4. The molecule has 27 heavy (non-hydrogen) atoms. The number of aryl methyl sites for hydroxylation is 2. The van der Waals surface area contributed by atoms with Crippen molar-refractivity contribution < 1.29 is 9.59 Å². The Bertz CT molecular complexity index is 842. The topological polar surface area (TPSA) is 79.3 Å². The zero-order valence-corrected chi connectivity index (χ0v) is 17.1. The monoisotopic (exact) mass is 389 g/mol. The molecule has 3 unspecified atom stereocenters. The number of hydrogen-bond donors (Lipinski definition) is 2. The van der Waals surface area contributed by atoms with Gasteiger partial charge in [0.1, 0.15) is 10.9 Å². The van der Waals surface area contributed by atoms with Crippen molar-refractivity contribution >= 4 is 33.4 Å². The Hall–Kier alpha value is -1.93. The van der Waals surface area contributed by atoms with E-state index in [-0.39, 0.29) is 17.9 Å². The first kappa shape index (κ1) is 18.4. The summed E-state index contributed by atoms with van der Waals surface area (Å²) in [6.07, 6.45) is 4.41. The van der Waals surface area contributed by atoms with E-state index in [2.05, 4.69) is 15.7 Å². The second-order valence-corrected chi connectivity index (χ2v) is 8.98. The second-order valence-electron chi connectivity index (χ2n) is 7.95. The Morgan fingerprint density at radius 1 is 1.37 bits per heavy atom. The van der Waals surface area contributed by atoms with Crippen molar-refractivity contribution in [3.05, 3.63) is 16.6 Å². The zero-order chi connectivity index (χ0) is 19.3. The second kappa shape index (κ2) is 6.91. The fourth-order valence-corrected chi connectivity index (χ4v) is 5.50. The first-order chi connectivity index (χ1) is 12.8. The van der Waals surface area contributed by atoms with E-state index in [9.17, 15) is 9.59 Å². The molecule has 0 spiro atoms. The number of piperidine rings is 1. The lowest BCUT2D eigenvalue weighted by atomic mass is 9.98. The van der Waals surface area contributed by atoms with Crippen LogP contribution in [-0.4, -0.2) is 57.7 Å². The van der Waals surface area contributed by atoms with Crippen LogP contribution in [0.5, 0.6) is 0 Å². The average Bonchev–Trinajstić information content (AvgIpc) is 3.30. The minimum absolute atomic E-state index is 0.0198. The van der Waals surface area contributed by atoms with E-state index < -0.39 is 6.04 Å². The third-order valence-corrected chi connectivity index (χ3v) is 7.18. The molecule has 0 radical (unpaired) electrons. The van der Waals surface area contributed by atoms with Crippen LogP contribution in [0.2, 0.25) is 0 Å². The van der Waals surface area contributed by atoms with Crippen molar-refractivity contribution in [3.8, 4) is 0 Å². The predicted octanol–water partition coefficient (Wildman–Crippen LogP) is 1.80. The normalized spacial score (nSPS) is 25.6. The highest BCUT2D eigenvalue weighted by atomic mass is 32.1. The molecule has 2 amide bonds. The van der Waals surface area contributed by atoms with E-state index in [4.69, 9.17) is 0 Å². The number of hydrogen-bond acceptors (Lipinski definition) is 5. The summed E-state index contributed by atoms with van der Waals surface area (Å²) in [6.45, 7) is 3.70. The van der Waals surface area contributed by atoms with E-state index in [0.717, 1.165) is 28.8 Å². The fourth-order valence-electron chi connectivity index (χ4n) is 4.48. The molecule has 2 aromatic rings. The molecule has 2 aliphatic rings. The van der Waals surface area contributed by atoms with Gasteiger partial charge in [0.15, 0.2) is 0 Å². The molecule has 0 aromatic carbocycles. The molecule has 4 heterocycles. The van der Waals surface area contributed by atoms with Gasteiger partial charge < -0.3 is 15.5 Å². The van der Waals surface area contributed by atoms with Gasteiger partial charge in [-0.2, -0.15) is 5.10 Å². The highest BCUT2D eigenvalue weighted by Crippen LogP contribution is 2.30. The van der Waals surface area contributed by atoms with Gasteiger partial charge in [0.05, 0.1) is 10.6 Å². The molecule has 2 fully saturated rings. The lowest BCUT2D eigenvalue weighted by Crippen LogP contribution is -2.53. The molecule has 2 N–H and O–H groups in total. The number of carbonyl (C=O) groups excluding carboxylic acids is 2. The van der Waals surface area contributed by atoms with Crippen LogP contribution in [0.25, 0.3) is 10.2 Å². The van der Waals surface area contributed by atoms with Gasteiger partial charge in [-0.25, -0.2) is 0 Å². The molecule has 0 saturated carbocycles. The zero-order valence-electron chi connectivity index (χ0n) is 16.3. The lowest BCUT2D eigenvalue weighted by molar-refractivity contribution is -0.134. The Labute approximate surface area is 163 Å². The average molecular weight is 390 g/mol. The van der Waals surface area contributed by atoms with Gasteiger partial charge in [0.25, 0.3) is 5.91 Å². The van der Waals surface area contributed by atoms with Crippen LogP contribution in [0.15, 0.2) is 6.07 Å². The third kappa shape index (κ3) is 3.36. The van der Waals surface area contributed by atoms with Gasteiger partial charge >= 0.3 is 0 Å². The SMILES string of the molecule is Cc1nn(C)c2sc(C(=O)NC(C)C(=O)N(C)C3CC4CCC(C3)N4)cc12. The number of nitrogens with one attached hydrogen (secondary N) is 2. The van der Waals surface area contributed by atoms with Crippen LogP contribution in [0, 0.1) is 6.92 Å². The van der Waals surface area contributed by atoms with Crippen LogP contribution in [-0.2, 0) is 11.8 Å². The van der Waals surface area contributed by atoms with Crippen LogP contribution in [0.3, 0.4) is 0 Å². The number of aromatic nitrogens is 2. The van der Waals surface area contributed by atoms with Crippen molar-refractivity contribution in [3.63, 3.8) is 0 Å². The standard InChI is InChI=1S/C19H27N5O2S/c1-10-15-9-16(27-19(15)24(4)22-10)17(25)20-11(2)18(26)23(3)14-7-12-5-6-13(8-14)21-12/h9,11-14,21H,5-8H2,1-4H3,(H,20,25). The molecule has 7 nitrogen and oxygen atoms in total. The smallest absolute Gasteiger partial charge is 0.262 e. The maximum absolute atomic E-state index is 12.9. The fraction of sp³-hybridized carbons (Fsp3) is 0.632. The summed E-state index contributed by atoms with van der Waals surface area (Å²) in [4.78, 5) is 28.9. The molecule has 2 aromatic heterocycles. The number of amides is 2. The Morgan fingerprint density at radius 2 is 2.04 bits per heavy atom. The summed E-state index contributed by atoms with van der Waals surface area (Å²) in [7, 11) is 3.75. The van der Waals surface area contributed by atoms with Crippen molar-refractivity contribution in [1.82, 2.24) is 25.3 Å². The van der Waals surface area contributed by atoms with Crippen LogP contribution in [0.1, 0.15) is 48.0 Å². The summed E-state index contributed by atoms with van der Waals surface area (Å²) in [5.41, 5.74) is 0.909. The third-order valence-electron chi connectivity index (χ3n) is 5.98. The van der Waals surface area contributed by atoms with Gasteiger partial charge in [0.2, 0.25) is 5.91 Å². The summed E-state index contributed by atoms with van der Waals surface area (Å²) in [5.74, 6) is -0.219. The highest BCUT2D eigenvalue weighted by Gasteiger charge is 2.37. The van der Waals surface area contributed by atoms with Crippen molar-refractivity contribution in [2.45, 2.75) is 63.7 Å². The van der Waals surface area contributed by atoms with Gasteiger partial charge in [0, 0.05) is 37.6 Å². The van der Waals surface area contributed by atoms with Crippen molar-refractivity contribution in [2.75, 3.05) is 7.05 Å². The maximum Gasteiger partial charge on any atom is 0.262 e. The van der Waals surface area contributed by atoms with Crippen LogP contribution >= 0.6 is 11.3 Å². The minimum atomic E-state index is -0.542. The lowest BCUT2D eigenvalue weighted by Gasteiger charge is -2.36. The molecule has 2 aliphatic heterocycles. The summed E-state index contributed by atoms with van der Waals surface area (Å²) in [5, 5.41) is 11.8. The Kier molecular flexibility index (Phi) is 4.71. The van der Waals surface area contributed by atoms with E-state index in [1.807, 2.05) is 32.0 Å². The minimum Gasteiger partial charge on any atom is -0.341 e. The molecule has 2 saturated heterocycles. The number of likely N-dealkylation sites (N-methyl/N-ethyl adjacent to an activating group) is 1. The molecule has 146 valence electrons. The summed E-state index contributed by atoms with van der Waals surface area (Å²) >= 11 is 1.41. The molecule has 4 rings (SSSR count). The molecule has 8 heteroatoms. The largest absolute Gasteiger partial charge is 0.341 e. The number of fused-ring (bicyclic) bond motifs is 3. The van der Waals surface area contributed by atoms with Gasteiger partial charge in [-0.3, -0.25) is 14.3 Å². The maximum atomic E-state index is 12.9. The predicted molar refractivity (Wildman–Crippen MR) is 106 cm³/mol. The molecular weight excluding hydrogens is 362 g/mol. The van der Waals surface area contributed by atoms with E-state index in [0.29, 0.717) is 17.0 Å². The Balaban J connectivity index is 1.41. The summed E-state index contributed by atoms with van der Waals surface area (Å²) in [6, 6.07) is 2.64. The number of thiophene rings is 1. The number of nitrogens with zero attached hydrogens (tertiary/aromatic N) is 3. The Morgan fingerprint density at radius 3 is 2.67 bits per heavy atom. The summed E-state index contributed by atoms with van der Waals surface area (Å²) < 4.78 is 1.79. The van der Waals surface area contributed by atoms with Crippen LogP contribution < -0.4 is 10.6 Å². The van der Waals surface area contributed by atoms with Crippen LogP contribution in [0.4, 0.5) is 0 Å². The van der Waals surface area contributed by atoms with Gasteiger partial charge in [-0.05, 0) is 45.6 Å².